The van der Waals surface area contributed by atoms with Crippen LogP contribution in [0.1, 0.15) is 18.4 Å². The van der Waals surface area contributed by atoms with Gasteiger partial charge in [-0.2, -0.15) is 0 Å². The lowest BCUT2D eigenvalue weighted by atomic mass is 10.2. The molecule has 2 aromatic carbocycles. The zero-order valence-electron chi connectivity index (χ0n) is 15.4. The molecule has 0 aliphatic heterocycles. The smallest absolute Gasteiger partial charge is 0.403 e. The molecule has 2 aromatic rings. The van der Waals surface area contributed by atoms with Crippen LogP contribution in [0.15, 0.2) is 48.5 Å². The Morgan fingerprint density at radius 2 is 1.68 bits per heavy atom. The monoisotopic (exact) mass is 400 g/mol. The van der Waals surface area contributed by atoms with Gasteiger partial charge in [-0.1, -0.05) is 24.3 Å². The minimum Gasteiger partial charge on any atom is -0.403 e. The van der Waals surface area contributed by atoms with E-state index in [4.69, 9.17) is 4.74 Å². The maximum Gasteiger partial charge on any atom is 0.573 e. The molecule has 0 amide bonds. The summed E-state index contributed by atoms with van der Waals surface area (Å²) in [5.74, 6) is -1.86. The van der Waals surface area contributed by atoms with Gasteiger partial charge in [0.1, 0.15) is 0 Å². The summed E-state index contributed by atoms with van der Waals surface area (Å²) >= 11 is 0. The van der Waals surface area contributed by atoms with E-state index in [2.05, 4.69) is 15.4 Å². The highest BCUT2D eigenvalue weighted by Gasteiger charge is 2.32. The van der Waals surface area contributed by atoms with Crippen molar-refractivity contribution in [2.45, 2.75) is 25.7 Å². The zero-order valence-corrected chi connectivity index (χ0v) is 15.4. The average Bonchev–Trinajstić information content (AvgIpc) is 2.65. The van der Waals surface area contributed by atoms with Crippen molar-refractivity contribution in [2.24, 2.45) is 0 Å². The van der Waals surface area contributed by atoms with Crippen LogP contribution in [0.4, 0.5) is 23.2 Å². The second-order valence-corrected chi connectivity index (χ2v) is 6.10. The molecule has 28 heavy (non-hydrogen) atoms. The van der Waals surface area contributed by atoms with Crippen LogP contribution in [0.5, 0.6) is 5.75 Å². The summed E-state index contributed by atoms with van der Waals surface area (Å²) in [5.41, 5.74) is 1.61. The predicted octanol–water partition coefficient (Wildman–Crippen LogP) is 4.72. The Hall–Kier alpha value is -2.32. The molecule has 0 atom stereocenters. The van der Waals surface area contributed by atoms with E-state index in [1.54, 1.807) is 0 Å². The normalized spacial score (nSPS) is 11.4. The first kappa shape index (κ1) is 22.0. The molecule has 0 saturated carbocycles. The SMILES string of the molecule is Fc1cc(CNCCCCOCCNc2ccccc2)ccc1OC(F)(F)F. The van der Waals surface area contributed by atoms with Crippen LogP contribution in [-0.2, 0) is 11.3 Å². The highest BCUT2D eigenvalue weighted by atomic mass is 19.4. The van der Waals surface area contributed by atoms with Crippen LogP contribution >= 0.6 is 0 Å². The molecule has 0 aromatic heterocycles. The molecule has 0 spiro atoms. The zero-order chi connectivity index (χ0) is 20.2. The molecule has 0 fully saturated rings. The van der Waals surface area contributed by atoms with Crippen molar-refractivity contribution in [3.63, 3.8) is 0 Å². The number of halogens is 4. The van der Waals surface area contributed by atoms with Crippen molar-refractivity contribution < 1.29 is 27.0 Å². The van der Waals surface area contributed by atoms with Crippen LogP contribution in [-0.4, -0.2) is 32.7 Å². The largest absolute Gasteiger partial charge is 0.573 e. The molecule has 2 rings (SSSR count). The number of benzene rings is 2. The molecule has 2 N–H and O–H groups in total. The predicted molar refractivity (Wildman–Crippen MR) is 99.8 cm³/mol. The van der Waals surface area contributed by atoms with Gasteiger partial charge in [0.25, 0.3) is 0 Å². The summed E-state index contributed by atoms with van der Waals surface area (Å²) in [7, 11) is 0. The van der Waals surface area contributed by atoms with Crippen molar-refractivity contribution >= 4 is 5.69 Å². The molecule has 0 bridgehead atoms. The van der Waals surface area contributed by atoms with Gasteiger partial charge in [-0.25, -0.2) is 4.39 Å². The second-order valence-electron chi connectivity index (χ2n) is 6.10. The van der Waals surface area contributed by atoms with Crippen molar-refractivity contribution in [1.29, 1.82) is 0 Å². The Labute approximate surface area is 161 Å². The molecule has 0 heterocycles. The van der Waals surface area contributed by atoms with E-state index in [-0.39, 0.29) is 0 Å². The van der Waals surface area contributed by atoms with Gasteiger partial charge in [0.15, 0.2) is 11.6 Å². The number of para-hydroxylation sites is 1. The van der Waals surface area contributed by atoms with Crippen molar-refractivity contribution in [3.05, 3.63) is 59.9 Å². The van der Waals surface area contributed by atoms with Crippen molar-refractivity contribution in [2.75, 3.05) is 31.6 Å². The number of unbranched alkanes of at least 4 members (excludes halogenated alkanes) is 1. The summed E-state index contributed by atoms with van der Waals surface area (Å²) < 4.78 is 59.0. The van der Waals surface area contributed by atoms with E-state index in [1.165, 1.54) is 6.07 Å². The lowest BCUT2D eigenvalue weighted by molar-refractivity contribution is -0.275. The van der Waals surface area contributed by atoms with E-state index in [0.717, 1.165) is 37.2 Å². The lowest BCUT2D eigenvalue weighted by Crippen LogP contribution is -2.18. The maximum absolute atomic E-state index is 13.6. The number of alkyl halides is 3. The van der Waals surface area contributed by atoms with Crippen LogP contribution in [0.25, 0.3) is 0 Å². The first-order valence-corrected chi connectivity index (χ1v) is 9.05. The van der Waals surface area contributed by atoms with E-state index in [9.17, 15) is 17.6 Å². The quantitative estimate of drug-likeness (QED) is 0.400. The van der Waals surface area contributed by atoms with Gasteiger partial charge in [0.2, 0.25) is 0 Å². The summed E-state index contributed by atoms with van der Waals surface area (Å²) in [4.78, 5) is 0. The fraction of sp³-hybridized carbons (Fsp3) is 0.400. The molecule has 0 unspecified atom stereocenters. The van der Waals surface area contributed by atoms with Crippen molar-refractivity contribution in [1.82, 2.24) is 5.32 Å². The number of nitrogens with one attached hydrogen (secondary N) is 2. The highest BCUT2D eigenvalue weighted by Crippen LogP contribution is 2.26. The topological polar surface area (TPSA) is 42.5 Å². The molecular formula is C20H24F4N2O2. The number of ether oxygens (including phenoxy) is 2. The summed E-state index contributed by atoms with van der Waals surface area (Å²) in [5, 5.41) is 6.38. The summed E-state index contributed by atoms with van der Waals surface area (Å²) in [6.07, 6.45) is -3.14. The maximum atomic E-state index is 13.6. The Balaban J connectivity index is 1.49. The number of anilines is 1. The molecule has 154 valence electrons. The van der Waals surface area contributed by atoms with Crippen LogP contribution < -0.4 is 15.4 Å². The first-order chi connectivity index (χ1) is 13.4. The molecule has 8 heteroatoms. The first-order valence-electron chi connectivity index (χ1n) is 9.05. The summed E-state index contributed by atoms with van der Waals surface area (Å²) in [6, 6.07) is 13.3. The van der Waals surface area contributed by atoms with Crippen LogP contribution in [0, 0.1) is 5.82 Å². The van der Waals surface area contributed by atoms with Gasteiger partial charge in [-0.15, -0.1) is 13.2 Å². The average molecular weight is 400 g/mol. The molecule has 4 nitrogen and oxygen atoms in total. The van der Waals surface area contributed by atoms with E-state index in [1.807, 2.05) is 30.3 Å². The number of hydrogen-bond acceptors (Lipinski definition) is 4. The Morgan fingerprint density at radius 1 is 0.893 bits per heavy atom. The van der Waals surface area contributed by atoms with Gasteiger partial charge in [-0.3, -0.25) is 0 Å². The van der Waals surface area contributed by atoms with Crippen molar-refractivity contribution in [3.8, 4) is 5.75 Å². The third kappa shape index (κ3) is 9.05. The lowest BCUT2D eigenvalue weighted by Gasteiger charge is -2.11. The molecule has 0 radical (unpaired) electrons. The van der Waals surface area contributed by atoms with Gasteiger partial charge in [-0.05, 0) is 49.2 Å². The standard InChI is InChI=1S/C20H24F4N2O2/c21-18-14-16(8-9-19(18)28-20(22,23)24)15-25-10-4-5-12-27-13-11-26-17-6-2-1-3-7-17/h1-3,6-9,14,25-26H,4-5,10-13,15H2. The van der Waals surface area contributed by atoms with Crippen LogP contribution in [0.3, 0.4) is 0 Å². The van der Waals surface area contributed by atoms with Gasteiger partial charge in [0.05, 0.1) is 6.61 Å². The van der Waals surface area contributed by atoms with E-state index >= 15 is 0 Å². The minimum atomic E-state index is -4.90. The van der Waals surface area contributed by atoms with E-state index in [0.29, 0.717) is 31.9 Å². The van der Waals surface area contributed by atoms with Gasteiger partial charge < -0.3 is 20.1 Å². The second kappa shape index (κ2) is 11.5. The third-order valence-electron chi connectivity index (χ3n) is 3.79. The number of rotatable bonds is 12. The van der Waals surface area contributed by atoms with Gasteiger partial charge >= 0.3 is 6.36 Å². The Kier molecular flexibility index (Phi) is 9.03. The fourth-order valence-electron chi connectivity index (χ4n) is 2.47. The molecule has 0 saturated heterocycles. The Bertz CT molecular complexity index is 696. The highest BCUT2D eigenvalue weighted by molar-refractivity contribution is 5.42. The minimum absolute atomic E-state index is 0.366. The van der Waals surface area contributed by atoms with Crippen LogP contribution in [0.2, 0.25) is 0 Å². The van der Waals surface area contributed by atoms with Gasteiger partial charge in [0, 0.05) is 25.4 Å². The number of hydrogen-bond donors (Lipinski definition) is 2. The van der Waals surface area contributed by atoms with E-state index < -0.39 is 17.9 Å². The molecule has 0 aliphatic rings. The molecular weight excluding hydrogens is 376 g/mol. The Morgan fingerprint density at radius 3 is 2.39 bits per heavy atom. The molecule has 0 aliphatic carbocycles. The third-order valence-corrected chi connectivity index (χ3v) is 3.79. The fourth-order valence-corrected chi connectivity index (χ4v) is 2.47. The summed E-state index contributed by atoms with van der Waals surface area (Å²) in [6.45, 7) is 3.07.